The fourth-order valence-electron chi connectivity index (χ4n) is 4.34. The molecular formula is C18H24O5. The van der Waals surface area contributed by atoms with Crippen molar-refractivity contribution in [3.8, 4) is 0 Å². The summed E-state index contributed by atoms with van der Waals surface area (Å²) in [6.07, 6.45) is 4.73. The van der Waals surface area contributed by atoms with Crippen LogP contribution >= 0.6 is 0 Å². The van der Waals surface area contributed by atoms with Gasteiger partial charge in [-0.2, -0.15) is 0 Å². The van der Waals surface area contributed by atoms with E-state index in [1.54, 1.807) is 0 Å². The van der Waals surface area contributed by atoms with Crippen molar-refractivity contribution < 1.29 is 23.8 Å². The van der Waals surface area contributed by atoms with Gasteiger partial charge in [-0.1, -0.05) is 39.8 Å². The highest BCUT2D eigenvalue weighted by atomic mass is 16.7. The number of carbonyl (C=O) groups excluding carboxylic acids is 2. The fraction of sp³-hybridized carbons (Fsp3) is 0.778. The van der Waals surface area contributed by atoms with E-state index in [4.69, 9.17) is 14.2 Å². The molecule has 5 nitrogen and oxygen atoms in total. The maximum atomic E-state index is 11.6. The van der Waals surface area contributed by atoms with Crippen LogP contribution < -0.4 is 0 Å². The SMILES string of the molecule is C[C@@H]1C(=O)[C@H](C)[C@@H]2C=C[C@H]1O2.C[C@@H]1C(=O)[C@H](C)[C@H]2O[C@@H]1[C@@H]1O[C@@H]12. The number of rotatable bonds is 0. The lowest BCUT2D eigenvalue weighted by atomic mass is 9.88. The largest absolute Gasteiger partial charge is 0.368 e. The van der Waals surface area contributed by atoms with Gasteiger partial charge in [0, 0.05) is 23.7 Å². The van der Waals surface area contributed by atoms with Crippen molar-refractivity contribution in [2.24, 2.45) is 23.7 Å². The molecule has 0 radical (unpaired) electrons. The van der Waals surface area contributed by atoms with Crippen LogP contribution in [0.5, 0.6) is 0 Å². The zero-order chi connectivity index (χ0) is 16.5. The third-order valence-electron chi connectivity index (χ3n) is 6.09. The maximum absolute atomic E-state index is 11.6. The van der Waals surface area contributed by atoms with Crippen molar-refractivity contribution in [3.63, 3.8) is 0 Å². The third kappa shape index (κ3) is 2.24. The van der Waals surface area contributed by atoms with Crippen molar-refractivity contribution in [2.45, 2.75) is 64.3 Å². The van der Waals surface area contributed by atoms with Gasteiger partial charge in [-0.15, -0.1) is 0 Å². The quantitative estimate of drug-likeness (QED) is 0.500. The summed E-state index contributed by atoms with van der Waals surface area (Å²) in [5, 5.41) is 0. The number of ether oxygens (including phenoxy) is 3. The normalized spacial score (nSPS) is 55.3. The maximum Gasteiger partial charge on any atom is 0.144 e. The predicted octanol–water partition coefficient (Wildman–Crippen LogP) is 1.54. The van der Waals surface area contributed by atoms with Crippen molar-refractivity contribution in [1.29, 1.82) is 0 Å². The summed E-state index contributed by atoms with van der Waals surface area (Å²) >= 11 is 0. The molecule has 0 spiro atoms. The molecule has 23 heavy (non-hydrogen) atoms. The number of fused-ring (bicyclic) bond motifs is 7. The van der Waals surface area contributed by atoms with Gasteiger partial charge in [0.25, 0.3) is 0 Å². The van der Waals surface area contributed by atoms with Crippen LogP contribution in [0.3, 0.4) is 0 Å². The van der Waals surface area contributed by atoms with Crippen LogP contribution in [0.15, 0.2) is 12.2 Å². The zero-order valence-electron chi connectivity index (χ0n) is 14.0. The van der Waals surface area contributed by atoms with Crippen molar-refractivity contribution in [3.05, 3.63) is 12.2 Å². The zero-order valence-corrected chi connectivity index (χ0v) is 14.0. The van der Waals surface area contributed by atoms with E-state index in [0.29, 0.717) is 11.6 Å². The molecule has 0 unspecified atom stereocenters. The Hall–Kier alpha value is -1.04. The van der Waals surface area contributed by atoms with Crippen LogP contribution in [-0.4, -0.2) is 48.2 Å². The smallest absolute Gasteiger partial charge is 0.144 e. The summed E-state index contributed by atoms with van der Waals surface area (Å²) in [7, 11) is 0. The Morgan fingerprint density at radius 1 is 0.609 bits per heavy atom. The molecule has 5 heterocycles. The highest BCUT2D eigenvalue weighted by molar-refractivity contribution is 5.86. The minimum absolute atomic E-state index is 0.0359. The summed E-state index contributed by atoms with van der Waals surface area (Å²) in [6, 6.07) is 0. The number of epoxide rings is 1. The Morgan fingerprint density at radius 3 is 1.48 bits per heavy atom. The van der Waals surface area contributed by atoms with Gasteiger partial charge in [-0.05, 0) is 0 Å². The molecular weight excluding hydrogens is 296 g/mol. The molecule has 10 atom stereocenters. The second-order valence-corrected chi connectivity index (χ2v) is 7.54. The van der Waals surface area contributed by atoms with E-state index in [1.165, 1.54) is 0 Å². The molecule has 0 amide bonds. The fourth-order valence-corrected chi connectivity index (χ4v) is 4.34. The first-order chi connectivity index (χ1) is 10.9. The lowest BCUT2D eigenvalue weighted by Crippen LogP contribution is -2.44. The molecule has 0 aromatic heterocycles. The monoisotopic (exact) mass is 320 g/mol. The molecule has 0 aromatic carbocycles. The second kappa shape index (κ2) is 5.23. The van der Waals surface area contributed by atoms with Crippen LogP contribution in [-0.2, 0) is 23.8 Å². The average molecular weight is 320 g/mol. The minimum Gasteiger partial charge on any atom is -0.368 e. The van der Waals surface area contributed by atoms with Gasteiger partial charge >= 0.3 is 0 Å². The van der Waals surface area contributed by atoms with Crippen LogP contribution in [0.25, 0.3) is 0 Å². The van der Waals surface area contributed by atoms with Gasteiger partial charge in [0.1, 0.15) is 23.8 Å². The van der Waals surface area contributed by atoms with Crippen LogP contribution in [0.2, 0.25) is 0 Å². The molecule has 4 saturated heterocycles. The number of Topliss-reactive ketones (excluding diaryl/α,β-unsaturated/α-hetero) is 2. The first-order valence-electron chi connectivity index (χ1n) is 8.62. The molecule has 0 aromatic rings. The molecule has 4 fully saturated rings. The van der Waals surface area contributed by atoms with Gasteiger partial charge < -0.3 is 14.2 Å². The van der Waals surface area contributed by atoms with E-state index in [1.807, 2.05) is 39.8 Å². The second-order valence-electron chi connectivity index (χ2n) is 7.54. The van der Waals surface area contributed by atoms with E-state index in [9.17, 15) is 9.59 Å². The van der Waals surface area contributed by atoms with Gasteiger partial charge in [0.2, 0.25) is 0 Å². The highest BCUT2D eigenvalue weighted by Crippen LogP contribution is 2.49. The lowest BCUT2D eigenvalue weighted by molar-refractivity contribution is -0.156. The molecule has 126 valence electrons. The van der Waals surface area contributed by atoms with E-state index in [-0.39, 0.29) is 60.3 Å². The van der Waals surface area contributed by atoms with Crippen molar-refractivity contribution in [2.75, 3.05) is 0 Å². The first-order valence-corrected chi connectivity index (χ1v) is 8.62. The summed E-state index contributed by atoms with van der Waals surface area (Å²) < 4.78 is 16.7. The Morgan fingerprint density at radius 2 is 1.00 bits per heavy atom. The first kappa shape index (κ1) is 15.5. The van der Waals surface area contributed by atoms with Crippen molar-refractivity contribution >= 4 is 11.6 Å². The summed E-state index contributed by atoms with van der Waals surface area (Å²) in [4.78, 5) is 23.1. The topological polar surface area (TPSA) is 65.1 Å². The van der Waals surface area contributed by atoms with E-state index >= 15 is 0 Å². The van der Waals surface area contributed by atoms with Crippen LogP contribution in [0, 0.1) is 23.7 Å². The molecule has 5 rings (SSSR count). The Bertz CT molecular complexity index is 528. The highest BCUT2D eigenvalue weighted by Gasteiger charge is 2.65. The van der Waals surface area contributed by atoms with Crippen molar-refractivity contribution in [1.82, 2.24) is 0 Å². The average Bonchev–Trinajstić information content (AvgIpc) is 3.07. The summed E-state index contributed by atoms with van der Waals surface area (Å²) in [6.45, 7) is 7.78. The molecule has 4 bridgehead atoms. The molecule has 0 saturated carbocycles. The van der Waals surface area contributed by atoms with E-state index < -0.39 is 0 Å². The molecule has 0 aliphatic carbocycles. The summed E-state index contributed by atoms with van der Waals surface area (Å²) in [5.41, 5.74) is 0. The summed E-state index contributed by atoms with van der Waals surface area (Å²) in [5.74, 6) is 0.880. The number of ketones is 2. The number of carbonyl (C=O) groups is 2. The Kier molecular flexibility index (Phi) is 3.52. The lowest BCUT2D eigenvalue weighted by Gasteiger charge is -2.32. The van der Waals surface area contributed by atoms with E-state index in [0.717, 1.165) is 0 Å². The molecule has 0 N–H and O–H groups in total. The van der Waals surface area contributed by atoms with Crippen LogP contribution in [0.4, 0.5) is 0 Å². The predicted molar refractivity (Wildman–Crippen MR) is 81.8 cm³/mol. The van der Waals surface area contributed by atoms with Crippen LogP contribution in [0.1, 0.15) is 27.7 Å². The standard InChI is InChI=1S/C9H12O3.C9H12O2/c1-3-5(10)4(2)7-9-8(12-9)6(3)11-7;1-5-7-3-4-8(11-7)6(2)9(5)10/h3-4,6-9H,1-2H3;3-8H,1-2H3/t3-,4+,6+,7-,8+,9-;5-,6+,7+,8-. The van der Waals surface area contributed by atoms with E-state index in [2.05, 4.69) is 0 Å². The number of hydrogen-bond acceptors (Lipinski definition) is 5. The minimum atomic E-state index is 0.0359. The van der Waals surface area contributed by atoms with Gasteiger partial charge in [0.05, 0.1) is 24.4 Å². The van der Waals surface area contributed by atoms with Gasteiger partial charge in [-0.25, -0.2) is 0 Å². The Labute approximate surface area is 136 Å². The van der Waals surface area contributed by atoms with Gasteiger partial charge in [-0.3, -0.25) is 9.59 Å². The Balaban J connectivity index is 0.000000118. The van der Waals surface area contributed by atoms with Gasteiger partial charge in [0.15, 0.2) is 0 Å². The molecule has 5 aliphatic rings. The molecule has 5 heteroatoms. The molecule has 5 aliphatic heterocycles. The third-order valence-corrected chi connectivity index (χ3v) is 6.09. The number of hydrogen-bond donors (Lipinski definition) is 0.